The topological polar surface area (TPSA) is 92.6 Å². The van der Waals surface area contributed by atoms with E-state index < -0.39 is 24.1 Å². The molecule has 1 heterocycles. The molecule has 0 saturated carbocycles. The van der Waals surface area contributed by atoms with Gasteiger partial charge in [0.25, 0.3) is 0 Å². The summed E-state index contributed by atoms with van der Waals surface area (Å²) in [6, 6.07) is 5.28. The van der Waals surface area contributed by atoms with Crippen molar-refractivity contribution >= 4 is 23.4 Å². The van der Waals surface area contributed by atoms with Crippen LogP contribution in [0.25, 0.3) is 0 Å². The molecule has 0 atom stereocenters. The number of carbonyl (C=O) groups excluding carboxylic acids is 1. The number of carboxylic acid groups (broad SMARTS) is 1. The summed E-state index contributed by atoms with van der Waals surface area (Å²) < 4.78 is 41.6. The van der Waals surface area contributed by atoms with Gasteiger partial charge >= 0.3 is 18.4 Å². The lowest BCUT2D eigenvalue weighted by atomic mass is 10.3. The minimum atomic E-state index is -4.79. The molecule has 3 N–H and O–H groups in total. The minimum Gasteiger partial charge on any atom is -0.477 e. The van der Waals surface area contributed by atoms with Crippen LogP contribution in [0.1, 0.15) is 30.3 Å². The predicted octanol–water partition coefficient (Wildman–Crippen LogP) is 4.53. The van der Waals surface area contributed by atoms with Crippen LogP contribution in [0.5, 0.6) is 5.75 Å². The molecule has 0 aliphatic carbocycles. The van der Waals surface area contributed by atoms with E-state index >= 15 is 0 Å². The fourth-order valence-corrected chi connectivity index (χ4v) is 2.30. The quantitative estimate of drug-likeness (QED) is 0.653. The number of aromatic nitrogens is 1. The summed E-state index contributed by atoms with van der Waals surface area (Å²) in [5, 5.41) is 14.1. The van der Waals surface area contributed by atoms with Crippen molar-refractivity contribution in [2.24, 2.45) is 0 Å². The fourth-order valence-electron chi connectivity index (χ4n) is 2.30. The maximum absolute atomic E-state index is 12.1. The van der Waals surface area contributed by atoms with Gasteiger partial charge in [-0.1, -0.05) is 13.3 Å². The Bertz CT molecular complexity index is 801. The van der Waals surface area contributed by atoms with Crippen LogP contribution in [-0.4, -0.2) is 28.0 Å². The molecule has 1 aromatic carbocycles. The molecule has 0 bridgehead atoms. The molecule has 2 amide bonds. The summed E-state index contributed by atoms with van der Waals surface area (Å²) in [4.78, 5) is 23.3. The maximum atomic E-state index is 12.1. The normalized spacial score (nSPS) is 11.1. The number of benzene rings is 1. The summed E-state index contributed by atoms with van der Waals surface area (Å²) >= 11 is 0. The number of aryl methyl sites for hydroxylation is 1. The first-order chi connectivity index (χ1) is 12.7. The highest BCUT2D eigenvalue weighted by Crippen LogP contribution is 2.24. The Morgan fingerprint density at radius 3 is 2.33 bits per heavy atom. The van der Waals surface area contributed by atoms with Crippen LogP contribution in [0.2, 0.25) is 0 Å². The molecule has 10 heteroatoms. The third-order valence-corrected chi connectivity index (χ3v) is 3.47. The van der Waals surface area contributed by atoms with Crippen molar-refractivity contribution in [1.29, 1.82) is 0 Å². The second kappa shape index (κ2) is 8.47. The molecule has 0 aliphatic heterocycles. The van der Waals surface area contributed by atoms with Gasteiger partial charge in [-0.05, 0) is 36.8 Å². The first-order valence-electron chi connectivity index (χ1n) is 8.05. The van der Waals surface area contributed by atoms with E-state index in [1.165, 1.54) is 29.0 Å². The first kappa shape index (κ1) is 20.1. The Morgan fingerprint density at radius 1 is 1.15 bits per heavy atom. The second-order valence-electron chi connectivity index (χ2n) is 5.62. The molecular weight excluding hydrogens is 367 g/mol. The van der Waals surface area contributed by atoms with Crippen molar-refractivity contribution < 1.29 is 32.6 Å². The largest absolute Gasteiger partial charge is 0.573 e. The summed E-state index contributed by atoms with van der Waals surface area (Å²) in [5.41, 5.74) is 0.580. The number of halogens is 3. The molecule has 0 saturated heterocycles. The van der Waals surface area contributed by atoms with Crippen molar-refractivity contribution in [2.75, 3.05) is 10.6 Å². The lowest BCUT2D eigenvalue weighted by Gasteiger charge is -2.10. The molecule has 7 nitrogen and oxygen atoms in total. The van der Waals surface area contributed by atoms with Crippen LogP contribution < -0.4 is 15.4 Å². The zero-order valence-electron chi connectivity index (χ0n) is 14.3. The second-order valence-corrected chi connectivity index (χ2v) is 5.62. The molecule has 0 unspecified atom stereocenters. The predicted molar refractivity (Wildman–Crippen MR) is 92.1 cm³/mol. The number of nitrogens with zero attached hydrogens (tertiary/aromatic N) is 1. The summed E-state index contributed by atoms with van der Waals surface area (Å²) in [7, 11) is 0. The van der Waals surface area contributed by atoms with Gasteiger partial charge in [-0.25, -0.2) is 9.59 Å². The number of urea groups is 1. The number of hydrogen-bond acceptors (Lipinski definition) is 3. The van der Waals surface area contributed by atoms with E-state index in [0.29, 0.717) is 6.54 Å². The highest BCUT2D eigenvalue weighted by Gasteiger charge is 2.30. The Morgan fingerprint density at radius 2 is 1.78 bits per heavy atom. The van der Waals surface area contributed by atoms with Crippen LogP contribution in [0, 0.1) is 0 Å². The molecule has 27 heavy (non-hydrogen) atoms. The number of ether oxygens (including phenoxy) is 1. The van der Waals surface area contributed by atoms with Crippen molar-refractivity contribution in [3.8, 4) is 5.75 Å². The number of aromatic carboxylic acids is 1. The average molecular weight is 385 g/mol. The molecule has 0 fully saturated rings. The van der Waals surface area contributed by atoms with Crippen molar-refractivity contribution in [3.63, 3.8) is 0 Å². The van der Waals surface area contributed by atoms with E-state index in [4.69, 9.17) is 0 Å². The van der Waals surface area contributed by atoms with Crippen molar-refractivity contribution in [3.05, 3.63) is 42.2 Å². The van der Waals surface area contributed by atoms with Crippen LogP contribution in [-0.2, 0) is 6.54 Å². The van der Waals surface area contributed by atoms with Crippen molar-refractivity contribution in [1.82, 2.24) is 4.57 Å². The summed E-state index contributed by atoms with van der Waals surface area (Å²) in [6.45, 7) is 2.48. The standard InChI is InChI=1S/C17H18F3N3O4/c1-2-3-8-23-10-12(9-14(23)15(24)25)22-16(26)21-11-4-6-13(7-5-11)27-17(18,19)20/h4-7,9-10H,2-3,8H2,1H3,(H,24,25)(H2,21,22,26). The van der Waals surface area contributed by atoms with E-state index in [0.717, 1.165) is 25.0 Å². The van der Waals surface area contributed by atoms with Gasteiger partial charge in [-0.15, -0.1) is 13.2 Å². The van der Waals surface area contributed by atoms with E-state index in [1.54, 1.807) is 0 Å². The van der Waals surface area contributed by atoms with Crippen LogP contribution in [0.15, 0.2) is 36.5 Å². The maximum Gasteiger partial charge on any atom is 0.573 e. The molecule has 0 aliphatic rings. The van der Waals surface area contributed by atoms with E-state index in [1.807, 2.05) is 6.92 Å². The third kappa shape index (κ3) is 6.24. The Balaban J connectivity index is 2.00. The molecule has 146 valence electrons. The lowest BCUT2D eigenvalue weighted by molar-refractivity contribution is -0.274. The molecule has 0 spiro atoms. The van der Waals surface area contributed by atoms with Gasteiger partial charge in [0, 0.05) is 18.4 Å². The summed E-state index contributed by atoms with van der Waals surface area (Å²) in [6.07, 6.45) is -1.61. The number of carboxylic acids is 1. The van der Waals surface area contributed by atoms with Crippen molar-refractivity contribution in [2.45, 2.75) is 32.7 Å². The number of alkyl halides is 3. The molecular formula is C17H18F3N3O4. The number of rotatable bonds is 7. The molecule has 2 aromatic rings. The van der Waals surface area contributed by atoms with Gasteiger partial charge in [0.1, 0.15) is 11.4 Å². The smallest absolute Gasteiger partial charge is 0.477 e. The van der Waals surface area contributed by atoms with E-state index in [2.05, 4.69) is 15.4 Å². The van der Waals surface area contributed by atoms with Crippen LogP contribution >= 0.6 is 0 Å². The number of hydrogen-bond donors (Lipinski definition) is 3. The number of carbonyl (C=O) groups is 2. The Kier molecular flexibility index (Phi) is 6.32. The number of nitrogens with one attached hydrogen (secondary N) is 2. The van der Waals surface area contributed by atoms with Gasteiger partial charge in [0.2, 0.25) is 0 Å². The summed E-state index contributed by atoms with van der Waals surface area (Å²) in [5.74, 6) is -1.52. The monoisotopic (exact) mass is 385 g/mol. The van der Waals surface area contributed by atoms with Crippen LogP contribution in [0.3, 0.4) is 0 Å². The van der Waals surface area contributed by atoms with Gasteiger partial charge in [0.05, 0.1) is 5.69 Å². The number of amides is 2. The Hall–Kier alpha value is -3.17. The van der Waals surface area contributed by atoms with Gasteiger partial charge in [-0.3, -0.25) is 0 Å². The zero-order chi connectivity index (χ0) is 20.0. The SMILES string of the molecule is CCCCn1cc(NC(=O)Nc2ccc(OC(F)(F)F)cc2)cc1C(=O)O. The highest BCUT2D eigenvalue weighted by atomic mass is 19.4. The average Bonchev–Trinajstić information content (AvgIpc) is 2.96. The van der Waals surface area contributed by atoms with Crippen LogP contribution in [0.4, 0.5) is 29.3 Å². The van der Waals surface area contributed by atoms with Gasteiger partial charge in [-0.2, -0.15) is 0 Å². The van der Waals surface area contributed by atoms with Gasteiger partial charge < -0.3 is 25.0 Å². The van der Waals surface area contributed by atoms with Gasteiger partial charge in [0.15, 0.2) is 0 Å². The van der Waals surface area contributed by atoms with E-state index in [9.17, 15) is 27.9 Å². The molecule has 1 aromatic heterocycles. The highest BCUT2D eigenvalue weighted by molar-refractivity contribution is 6.00. The van der Waals surface area contributed by atoms with E-state index in [-0.39, 0.29) is 17.1 Å². The third-order valence-electron chi connectivity index (χ3n) is 3.47. The fraction of sp³-hybridized carbons (Fsp3) is 0.294. The number of unbranched alkanes of at least 4 members (excludes halogenated alkanes) is 1. The molecule has 2 rings (SSSR count). The minimum absolute atomic E-state index is 0.0485. The molecule has 0 radical (unpaired) electrons. The lowest BCUT2D eigenvalue weighted by Crippen LogP contribution is -2.19. The zero-order valence-corrected chi connectivity index (χ0v) is 14.3. The first-order valence-corrected chi connectivity index (χ1v) is 8.05. The number of anilines is 2. The Labute approximate surface area is 152 Å².